The Kier molecular flexibility index (Phi) is 9.14. The van der Waals surface area contributed by atoms with Crippen LogP contribution in [0.15, 0.2) is 7.87 Å². The number of halogens is 3. The summed E-state index contributed by atoms with van der Waals surface area (Å²) in [7, 11) is 0. The zero-order chi connectivity index (χ0) is 11.8. The molecule has 0 rings (SSSR count). The number of carbonyl (C=O) groups excluding carboxylic acids is 1. The quantitative estimate of drug-likeness (QED) is 0.465. The normalized spacial score (nSPS) is 12.1. The fraction of sp³-hybridized carbons (Fsp3) is 0.700. The Hall–Kier alpha value is 0.650. The lowest BCUT2D eigenvalue weighted by Gasteiger charge is -2.16. The fourth-order valence-corrected chi connectivity index (χ4v) is 1.97. The van der Waals surface area contributed by atoms with E-state index < -0.39 is 0 Å². The fourth-order valence-electron chi connectivity index (χ4n) is 1.14. The maximum absolute atomic E-state index is 10.9. The molecule has 0 radical (unpaired) electrons. The van der Waals surface area contributed by atoms with Crippen molar-refractivity contribution in [2.24, 2.45) is 0 Å². The topological polar surface area (TPSA) is 26.3 Å². The molecular weight excluding hydrogens is 392 g/mol. The summed E-state index contributed by atoms with van der Waals surface area (Å²) in [6.45, 7) is 3.57. The van der Waals surface area contributed by atoms with Gasteiger partial charge >= 0.3 is 5.97 Å². The molecule has 0 heterocycles. The van der Waals surface area contributed by atoms with Gasteiger partial charge in [-0.25, -0.2) is 0 Å². The van der Waals surface area contributed by atoms with Crippen LogP contribution in [0.25, 0.3) is 0 Å². The molecule has 5 heteroatoms. The van der Waals surface area contributed by atoms with Crippen LogP contribution in [0.1, 0.15) is 39.5 Å². The zero-order valence-electron chi connectivity index (χ0n) is 8.86. The largest absolute Gasteiger partial charge is 0.457 e. The molecule has 0 aliphatic rings. The van der Waals surface area contributed by atoms with Gasteiger partial charge in [-0.15, -0.1) is 0 Å². The third kappa shape index (κ3) is 7.53. The van der Waals surface area contributed by atoms with E-state index in [1.54, 1.807) is 0 Å². The van der Waals surface area contributed by atoms with Crippen LogP contribution in [-0.2, 0) is 9.53 Å². The highest BCUT2D eigenvalue weighted by atomic mass is 79.9. The second-order valence-corrected chi connectivity index (χ2v) is 6.71. The molecule has 0 aliphatic carbocycles. The Balaban J connectivity index is 4.31. The molecule has 0 aromatic heterocycles. The van der Waals surface area contributed by atoms with Crippen molar-refractivity contribution >= 4 is 53.8 Å². The number of hydrogen-bond donors (Lipinski definition) is 0. The van der Waals surface area contributed by atoms with Gasteiger partial charge < -0.3 is 4.74 Å². The van der Waals surface area contributed by atoms with E-state index in [4.69, 9.17) is 4.74 Å². The second-order valence-electron chi connectivity index (χ2n) is 3.20. The van der Waals surface area contributed by atoms with E-state index in [2.05, 4.69) is 54.7 Å². The van der Waals surface area contributed by atoms with Crippen molar-refractivity contribution in [3.05, 3.63) is 7.87 Å². The van der Waals surface area contributed by atoms with E-state index in [0.717, 1.165) is 33.6 Å². The van der Waals surface area contributed by atoms with Gasteiger partial charge in [0, 0.05) is 6.92 Å². The van der Waals surface area contributed by atoms with Crippen molar-refractivity contribution in [2.75, 3.05) is 0 Å². The molecule has 0 fully saturated rings. The van der Waals surface area contributed by atoms with Crippen LogP contribution < -0.4 is 0 Å². The Morgan fingerprint density at radius 3 is 2.27 bits per heavy atom. The summed E-state index contributed by atoms with van der Waals surface area (Å²) >= 11 is 9.99. The third-order valence-electron chi connectivity index (χ3n) is 1.84. The van der Waals surface area contributed by atoms with Gasteiger partial charge in [0.2, 0.25) is 0 Å². The standard InChI is InChI=1S/C10H15Br3O2/c1-3-4-5-6-8(15-7(2)14)9(11)10(12)13/h8H,3-6H2,1-2H3/t8-/m1/s1. The summed E-state index contributed by atoms with van der Waals surface area (Å²) in [6, 6.07) is 0. The minimum Gasteiger partial charge on any atom is -0.457 e. The van der Waals surface area contributed by atoms with Gasteiger partial charge in [0.1, 0.15) is 6.10 Å². The van der Waals surface area contributed by atoms with Gasteiger partial charge in [-0.3, -0.25) is 4.79 Å². The van der Waals surface area contributed by atoms with E-state index in [1.807, 2.05) is 0 Å². The Labute approximate surface area is 116 Å². The summed E-state index contributed by atoms with van der Waals surface area (Å²) in [6.07, 6.45) is 4.01. The summed E-state index contributed by atoms with van der Waals surface area (Å²) in [5, 5.41) is 0. The first-order valence-electron chi connectivity index (χ1n) is 4.86. The van der Waals surface area contributed by atoms with Crippen molar-refractivity contribution in [3.8, 4) is 0 Å². The van der Waals surface area contributed by atoms with Crippen LogP contribution >= 0.6 is 47.8 Å². The first-order chi connectivity index (χ1) is 6.99. The molecule has 88 valence electrons. The van der Waals surface area contributed by atoms with Gasteiger partial charge in [-0.2, -0.15) is 0 Å². The maximum atomic E-state index is 10.9. The van der Waals surface area contributed by atoms with Gasteiger partial charge in [0.15, 0.2) is 0 Å². The van der Waals surface area contributed by atoms with Crippen molar-refractivity contribution in [1.29, 1.82) is 0 Å². The average Bonchev–Trinajstić information content (AvgIpc) is 2.14. The first kappa shape index (κ1) is 15.7. The molecule has 0 N–H and O–H groups in total. The molecule has 0 unspecified atom stereocenters. The third-order valence-corrected chi connectivity index (χ3v) is 4.67. The molecule has 0 spiro atoms. The molecule has 0 aliphatic heterocycles. The highest BCUT2D eigenvalue weighted by Gasteiger charge is 2.17. The number of esters is 1. The average molecular weight is 407 g/mol. The van der Waals surface area contributed by atoms with Crippen LogP contribution in [0, 0.1) is 0 Å². The first-order valence-corrected chi connectivity index (χ1v) is 7.24. The summed E-state index contributed by atoms with van der Waals surface area (Å²) in [5.74, 6) is -0.255. The van der Waals surface area contributed by atoms with Gasteiger partial charge in [-0.1, -0.05) is 19.8 Å². The molecular formula is C10H15Br3O2. The van der Waals surface area contributed by atoms with Crippen LogP contribution in [0.4, 0.5) is 0 Å². The Bertz CT molecular complexity index is 235. The molecule has 15 heavy (non-hydrogen) atoms. The maximum Gasteiger partial charge on any atom is 0.303 e. The van der Waals surface area contributed by atoms with Crippen LogP contribution in [-0.4, -0.2) is 12.1 Å². The SMILES string of the molecule is CCCCC[C@@H](OC(C)=O)C(Br)=C(Br)Br. The van der Waals surface area contributed by atoms with Crippen LogP contribution in [0.5, 0.6) is 0 Å². The lowest BCUT2D eigenvalue weighted by molar-refractivity contribution is -0.144. The molecule has 0 amide bonds. The molecule has 2 nitrogen and oxygen atoms in total. The smallest absolute Gasteiger partial charge is 0.303 e. The molecule has 1 atom stereocenters. The van der Waals surface area contributed by atoms with E-state index in [-0.39, 0.29) is 12.1 Å². The minimum atomic E-state index is -0.255. The predicted molar refractivity (Wildman–Crippen MR) is 73.5 cm³/mol. The summed E-state index contributed by atoms with van der Waals surface area (Å²) in [5.41, 5.74) is 0. The highest BCUT2D eigenvalue weighted by molar-refractivity contribution is 9.29. The van der Waals surface area contributed by atoms with Crippen molar-refractivity contribution < 1.29 is 9.53 Å². The van der Waals surface area contributed by atoms with E-state index in [1.165, 1.54) is 6.92 Å². The molecule has 0 aromatic rings. The Morgan fingerprint density at radius 1 is 1.27 bits per heavy atom. The van der Waals surface area contributed by atoms with E-state index in [0.29, 0.717) is 0 Å². The monoisotopic (exact) mass is 404 g/mol. The van der Waals surface area contributed by atoms with Crippen molar-refractivity contribution in [2.45, 2.75) is 45.6 Å². The summed E-state index contributed by atoms with van der Waals surface area (Å²) < 4.78 is 6.85. The lowest BCUT2D eigenvalue weighted by Crippen LogP contribution is -2.16. The number of carbonyl (C=O) groups is 1. The van der Waals surface area contributed by atoms with Crippen molar-refractivity contribution in [1.82, 2.24) is 0 Å². The van der Waals surface area contributed by atoms with Crippen LogP contribution in [0.3, 0.4) is 0 Å². The number of ether oxygens (including phenoxy) is 1. The minimum absolute atomic E-state index is 0.192. The number of unbranched alkanes of at least 4 members (excludes halogenated alkanes) is 2. The van der Waals surface area contributed by atoms with Gasteiger partial charge in [0.05, 0.1) is 7.87 Å². The van der Waals surface area contributed by atoms with Crippen molar-refractivity contribution in [3.63, 3.8) is 0 Å². The number of rotatable bonds is 6. The Morgan fingerprint density at radius 2 is 1.87 bits per heavy atom. The molecule has 0 bridgehead atoms. The molecule has 0 saturated carbocycles. The molecule has 0 aromatic carbocycles. The van der Waals surface area contributed by atoms with Gasteiger partial charge in [0.25, 0.3) is 0 Å². The molecule has 0 saturated heterocycles. The number of hydrogen-bond acceptors (Lipinski definition) is 2. The predicted octanol–water partition coefficient (Wildman–Crippen LogP) is 4.85. The zero-order valence-corrected chi connectivity index (χ0v) is 13.6. The van der Waals surface area contributed by atoms with E-state index >= 15 is 0 Å². The highest BCUT2D eigenvalue weighted by Crippen LogP contribution is 2.30. The summed E-state index contributed by atoms with van der Waals surface area (Å²) in [4.78, 5) is 10.9. The second kappa shape index (κ2) is 8.76. The lowest BCUT2D eigenvalue weighted by atomic mass is 10.1. The van der Waals surface area contributed by atoms with Gasteiger partial charge in [-0.05, 0) is 60.6 Å². The van der Waals surface area contributed by atoms with Crippen LogP contribution in [0.2, 0.25) is 0 Å². The van der Waals surface area contributed by atoms with E-state index in [9.17, 15) is 4.79 Å².